The lowest BCUT2D eigenvalue weighted by molar-refractivity contribution is 0.107. The molecule has 196 valence electrons. The Morgan fingerprint density at radius 3 is 2.70 bits per heavy atom. The lowest BCUT2D eigenvalue weighted by atomic mass is 10.0. The van der Waals surface area contributed by atoms with E-state index in [1.807, 2.05) is 6.92 Å². The van der Waals surface area contributed by atoms with Gasteiger partial charge in [0, 0.05) is 60.6 Å². The molecule has 1 fully saturated rings. The number of nitrogens with zero attached hydrogens (tertiary/aromatic N) is 3. The van der Waals surface area contributed by atoms with Gasteiger partial charge >= 0.3 is 11.8 Å². The van der Waals surface area contributed by atoms with Gasteiger partial charge in [0.2, 0.25) is 5.88 Å². The number of carbonyl (C=O) groups excluding carboxylic acids is 1. The van der Waals surface area contributed by atoms with Gasteiger partial charge in [0.05, 0.1) is 33.6 Å². The number of thioether (sulfide) groups is 1. The van der Waals surface area contributed by atoms with E-state index in [4.69, 9.17) is 32.7 Å². The number of piperazine rings is 1. The van der Waals surface area contributed by atoms with Crippen LogP contribution in [0.15, 0.2) is 27.9 Å². The van der Waals surface area contributed by atoms with Crippen LogP contribution in [-0.2, 0) is 11.3 Å². The van der Waals surface area contributed by atoms with Gasteiger partial charge in [0.15, 0.2) is 0 Å². The third kappa shape index (κ3) is 4.90. The van der Waals surface area contributed by atoms with Crippen molar-refractivity contribution < 1.29 is 23.0 Å². The predicted octanol–water partition coefficient (Wildman–Crippen LogP) is 4.56. The summed E-state index contributed by atoms with van der Waals surface area (Å²) in [6, 6.07) is 3.39. The van der Waals surface area contributed by atoms with Gasteiger partial charge in [-0.2, -0.15) is 4.98 Å². The summed E-state index contributed by atoms with van der Waals surface area (Å²) in [7, 11) is 1.52. The molecule has 1 N–H and O–H groups in total. The second-order valence-corrected chi connectivity index (χ2v) is 10.7. The fraction of sp³-hybridized carbons (Fsp3) is 0.375. The summed E-state index contributed by atoms with van der Waals surface area (Å²) >= 11 is 13.9. The van der Waals surface area contributed by atoms with Gasteiger partial charge in [-0.1, -0.05) is 23.2 Å². The van der Waals surface area contributed by atoms with E-state index >= 15 is 0 Å². The van der Waals surface area contributed by atoms with Crippen molar-refractivity contribution in [1.82, 2.24) is 19.8 Å². The molecule has 0 saturated carbocycles. The lowest BCUT2D eigenvalue weighted by Gasteiger charge is -2.30. The van der Waals surface area contributed by atoms with Crippen molar-refractivity contribution in [2.24, 2.45) is 0 Å². The molecular formula is C24H22Cl2F2N4O4S. The first kappa shape index (κ1) is 26.2. The second kappa shape index (κ2) is 10.4. The summed E-state index contributed by atoms with van der Waals surface area (Å²) in [6.07, 6.45) is -1.01. The molecule has 1 unspecified atom stereocenters. The van der Waals surface area contributed by atoms with E-state index in [-0.39, 0.29) is 45.7 Å². The maximum atomic E-state index is 15.0. The molecule has 8 nitrogen and oxygen atoms in total. The van der Waals surface area contributed by atoms with Gasteiger partial charge in [-0.3, -0.25) is 4.57 Å². The van der Waals surface area contributed by atoms with Crippen LogP contribution in [0.3, 0.4) is 0 Å². The van der Waals surface area contributed by atoms with Crippen molar-refractivity contribution in [1.29, 1.82) is 0 Å². The minimum Gasteiger partial charge on any atom is -0.390 e. The number of ether oxygens (including phenoxy) is 2. The van der Waals surface area contributed by atoms with Crippen LogP contribution < -0.4 is 15.7 Å². The quantitative estimate of drug-likeness (QED) is 0.462. The third-order valence-electron chi connectivity index (χ3n) is 6.36. The Kier molecular flexibility index (Phi) is 7.34. The third-order valence-corrected chi connectivity index (χ3v) is 8.17. The van der Waals surface area contributed by atoms with Crippen LogP contribution in [0.25, 0.3) is 22.0 Å². The molecule has 37 heavy (non-hydrogen) atoms. The van der Waals surface area contributed by atoms with E-state index in [9.17, 15) is 18.4 Å². The van der Waals surface area contributed by atoms with Gasteiger partial charge in [-0.25, -0.2) is 18.4 Å². The molecule has 0 bridgehead atoms. The number of nitrogens with one attached hydrogen (secondary N) is 1. The van der Waals surface area contributed by atoms with Crippen LogP contribution in [0, 0.1) is 11.6 Å². The van der Waals surface area contributed by atoms with Gasteiger partial charge in [0.25, 0.3) is 0 Å². The average Bonchev–Trinajstić information content (AvgIpc) is 3.05. The zero-order valence-corrected chi connectivity index (χ0v) is 22.1. The first-order valence-electron chi connectivity index (χ1n) is 11.5. The fourth-order valence-corrected chi connectivity index (χ4v) is 6.36. The summed E-state index contributed by atoms with van der Waals surface area (Å²) < 4.78 is 41.4. The van der Waals surface area contributed by atoms with Crippen LogP contribution in [0.5, 0.6) is 5.88 Å². The molecule has 0 aliphatic carbocycles. The van der Waals surface area contributed by atoms with Crippen molar-refractivity contribution in [3.05, 3.63) is 50.4 Å². The molecular weight excluding hydrogens is 549 g/mol. The maximum Gasteiger partial charge on any atom is 0.416 e. The van der Waals surface area contributed by atoms with Crippen molar-refractivity contribution in [3.8, 4) is 17.0 Å². The van der Waals surface area contributed by atoms with Gasteiger partial charge in [-0.15, -0.1) is 11.8 Å². The highest BCUT2D eigenvalue weighted by atomic mass is 35.5. The highest BCUT2D eigenvalue weighted by Crippen LogP contribution is 2.46. The summed E-state index contributed by atoms with van der Waals surface area (Å²) in [6.45, 7) is 3.58. The summed E-state index contributed by atoms with van der Waals surface area (Å²) in [5.74, 6) is -1.56. The monoisotopic (exact) mass is 570 g/mol. The summed E-state index contributed by atoms with van der Waals surface area (Å²) in [4.78, 5) is 32.2. The highest BCUT2D eigenvalue weighted by Gasteiger charge is 2.30. The van der Waals surface area contributed by atoms with Crippen LogP contribution in [0.4, 0.5) is 13.6 Å². The Balaban J connectivity index is 1.72. The second-order valence-electron chi connectivity index (χ2n) is 8.85. The van der Waals surface area contributed by atoms with E-state index < -0.39 is 23.4 Å². The molecule has 1 saturated heterocycles. The minimum absolute atomic E-state index is 0.0270. The van der Waals surface area contributed by atoms with Crippen LogP contribution in [0.2, 0.25) is 10.0 Å². The maximum absolute atomic E-state index is 15.0. The molecule has 2 aromatic carbocycles. The number of aromatic nitrogens is 2. The van der Waals surface area contributed by atoms with Crippen molar-refractivity contribution >= 4 is 52.0 Å². The zero-order chi connectivity index (χ0) is 26.4. The normalized spacial score (nSPS) is 19.7. The molecule has 2 atom stereocenters. The van der Waals surface area contributed by atoms with Crippen molar-refractivity contribution in [3.63, 3.8) is 0 Å². The van der Waals surface area contributed by atoms with Crippen LogP contribution >= 0.6 is 35.0 Å². The topological polar surface area (TPSA) is 85.7 Å². The summed E-state index contributed by atoms with van der Waals surface area (Å²) in [5, 5.41) is 3.36. The van der Waals surface area contributed by atoms with Crippen LogP contribution in [0.1, 0.15) is 6.92 Å². The first-order valence-corrected chi connectivity index (χ1v) is 13.2. The van der Waals surface area contributed by atoms with Crippen molar-refractivity contribution in [2.45, 2.75) is 30.5 Å². The molecule has 1 aromatic heterocycles. The average molecular weight is 571 g/mol. The lowest BCUT2D eigenvalue weighted by Crippen LogP contribution is -2.52. The fourth-order valence-electron chi connectivity index (χ4n) is 4.52. The minimum atomic E-state index is -0.907. The molecule has 5 rings (SSSR count). The van der Waals surface area contributed by atoms with E-state index in [1.165, 1.54) is 34.4 Å². The Bertz CT molecular complexity index is 1470. The highest BCUT2D eigenvalue weighted by molar-refractivity contribution is 7.99. The van der Waals surface area contributed by atoms with E-state index in [0.29, 0.717) is 47.3 Å². The number of hydrogen-bond acceptors (Lipinski definition) is 7. The van der Waals surface area contributed by atoms with Crippen molar-refractivity contribution in [2.75, 3.05) is 32.5 Å². The largest absolute Gasteiger partial charge is 0.416 e. The Labute approximate surface area is 224 Å². The Morgan fingerprint density at radius 1 is 1.19 bits per heavy atom. The number of methoxy groups -OCH3 is 1. The number of carbonyl (C=O) groups is 1. The molecule has 2 aliphatic rings. The Morgan fingerprint density at radius 2 is 1.97 bits per heavy atom. The van der Waals surface area contributed by atoms with Gasteiger partial charge < -0.3 is 19.7 Å². The molecule has 3 aromatic rings. The molecule has 3 heterocycles. The number of rotatable bonds is 3. The predicted molar refractivity (Wildman–Crippen MR) is 138 cm³/mol. The van der Waals surface area contributed by atoms with Gasteiger partial charge in [0.1, 0.15) is 11.6 Å². The number of benzene rings is 2. The molecule has 13 heteroatoms. The zero-order valence-electron chi connectivity index (χ0n) is 19.8. The standard InChI is InChI=1S/C24H22Cl2F2N4O4S/c1-11-8-31(4-3-29-11)24(34)36-22-14-6-16(26)19(13-5-15(25)18(28)7-17(13)27)21-20(14)32(23(33)30-22)9-12(35-2)10-37-21/h5-7,11-12,29H,3-4,8-10H2,1-2H3/t11?,12-/m0/s1. The van der Waals surface area contributed by atoms with E-state index in [2.05, 4.69) is 10.3 Å². The van der Waals surface area contributed by atoms with Gasteiger partial charge in [-0.05, 0) is 19.1 Å². The molecule has 0 spiro atoms. The molecule has 1 amide bonds. The number of hydrogen-bond donors (Lipinski definition) is 1. The number of amides is 1. The first-order chi connectivity index (χ1) is 17.7. The Hall–Kier alpha value is -2.44. The van der Waals surface area contributed by atoms with Crippen LogP contribution in [-0.4, -0.2) is 65.2 Å². The van der Waals surface area contributed by atoms with E-state index in [1.54, 1.807) is 0 Å². The molecule has 2 aliphatic heterocycles. The summed E-state index contributed by atoms with van der Waals surface area (Å²) in [5.41, 5.74) is -0.0929. The molecule has 0 radical (unpaired) electrons. The SMILES string of the molecule is CO[C@@H]1CSc2c(-c3cc(Cl)c(F)cc3F)c(Cl)cc3c(OC(=O)N4CCNC(C)C4)nc(=O)n(c23)C1. The number of halogens is 4. The smallest absolute Gasteiger partial charge is 0.390 e. The van der Waals surface area contributed by atoms with E-state index in [0.717, 1.165) is 6.07 Å².